The molecule has 2 aliphatic heterocycles. The second-order valence-corrected chi connectivity index (χ2v) is 7.71. The van der Waals surface area contributed by atoms with Gasteiger partial charge in [-0.3, -0.25) is 4.79 Å². The summed E-state index contributed by atoms with van der Waals surface area (Å²) < 4.78 is 17.3. The fourth-order valence-corrected chi connectivity index (χ4v) is 3.64. The van der Waals surface area contributed by atoms with Crippen molar-refractivity contribution in [2.45, 2.75) is 58.8 Å². The summed E-state index contributed by atoms with van der Waals surface area (Å²) in [5.41, 5.74) is 2.28. The molecule has 2 fully saturated rings. The standard InChI is InChI=1S/C21H31NO4/c1-14(2)18-6-5-15(3)19(13-18)26-16(4)20(23)22-9-7-17(8-10-22)21-24-11-12-25-21/h5-6,13-14,16-17,21H,7-12H2,1-4H3. The lowest BCUT2D eigenvalue weighted by atomic mass is 9.96. The van der Waals surface area contributed by atoms with Crippen LogP contribution in [0.25, 0.3) is 0 Å². The summed E-state index contributed by atoms with van der Waals surface area (Å²) in [5.74, 6) is 1.69. The van der Waals surface area contributed by atoms with Crippen molar-refractivity contribution in [1.82, 2.24) is 4.90 Å². The molecule has 1 aromatic carbocycles. The van der Waals surface area contributed by atoms with Crippen molar-refractivity contribution >= 4 is 5.91 Å². The second-order valence-electron chi connectivity index (χ2n) is 7.71. The van der Waals surface area contributed by atoms with Gasteiger partial charge in [-0.25, -0.2) is 0 Å². The average molecular weight is 361 g/mol. The van der Waals surface area contributed by atoms with Gasteiger partial charge in [-0.2, -0.15) is 0 Å². The number of piperidine rings is 1. The number of rotatable bonds is 5. The Labute approximate surface area is 156 Å². The zero-order valence-corrected chi connectivity index (χ0v) is 16.4. The molecule has 5 nitrogen and oxygen atoms in total. The molecule has 26 heavy (non-hydrogen) atoms. The van der Waals surface area contributed by atoms with Gasteiger partial charge >= 0.3 is 0 Å². The minimum absolute atomic E-state index is 0.0612. The monoisotopic (exact) mass is 361 g/mol. The molecular formula is C21H31NO4. The number of benzene rings is 1. The largest absolute Gasteiger partial charge is 0.481 e. The van der Waals surface area contributed by atoms with Crippen LogP contribution >= 0.6 is 0 Å². The lowest BCUT2D eigenvalue weighted by molar-refractivity contribution is -0.143. The smallest absolute Gasteiger partial charge is 0.263 e. The van der Waals surface area contributed by atoms with Gasteiger partial charge < -0.3 is 19.1 Å². The highest BCUT2D eigenvalue weighted by molar-refractivity contribution is 5.81. The van der Waals surface area contributed by atoms with Crippen molar-refractivity contribution in [1.29, 1.82) is 0 Å². The summed E-state index contributed by atoms with van der Waals surface area (Å²) in [6.45, 7) is 11.0. The minimum atomic E-state index is -0.480. The van der Waals surface area contributed by atoms with E-state index in [4.69, 9.17) is 14.2 Å². The van der Waals surface area contributed by atoms with Crippen molar-refractivity contribution < 1.29 is 19.0 Å². The molecule has 1 unspecified atom stereocenters. The van der Waals surface area contributed by atoms with Gasteiger partial charge in [0, 0.05) is 19.0 Å². The van der Waals surface area contributed by atoms with Crippen LogP contribution in [0.3, 0.4) is 0 Å². The molecule has 1 atom stereocenters. The molecule has 5 heteroatoms. The van der Waals surface area contributed by atoms with E-state index < -0.39 is 6.10 Å². The summed E-state index contributed by atoms with van der Waals surface area (Å²) >= 11 is 0. The van der Waals surface area contributed by atoms with Crippen LogP contribution in [0.4, 0.5) is 0 Å². The number of ether oxygens (including phenoxy) is 3. The van der Waals surface area contributed by atoms with Gasteiger partial charge in [0.25, 0.3) is 5.91 Å². The second kappa shape index (κ2) is 8.40. The van der Waals surface area contributed by atoms with E-state index in [0.29, 0.717) is 25.0 Å². The third kappa shape index (κ3) is 4.38. The number of amides is 1. The van der Waals surface area contributed by atoms with Gasteiger partial charge in [0.05, 0.1) is 13.2 Å². The van der Waals surface area contributed by atoms with Gasteiger partial charge in [-0.05, 0) is 49.8 Å². The summed E-state index contributed by atoms with van der Waals surface area (Å²) in [6, 6.07) is 6.25. The molecule has 2 heterocycles. The molecule has 1 aromatic rings. The fourth-order valence-electron chi connectivity index (χ4n) is 3.64. The molecule has 0 aliphatic carbocycles. The van der Waals surface area contributed by atoms with Crippen LogP contribution in [-0.2, 0) is 14.3 Å². The Balaban J connectivity index is 1.56. The number of hydrogen-bond donors (Lipinski definition) is 0. The Kier molecular flexibility index (Phi) is 6.20. The Bertz CT molecular complexity index is 616. The van der Waals surface area contributed by atoms with Crippen molar-refractivity contribution in [2.75, 3.05) is 26.3 Å². The van der Waals surface area contributed by atoms with Crippen LogP contribution in [0, 0.1) is 12.8 Å². The highest BCUT2D eigenvalue weighted by Gasteiger charge is 2.33. The lowest BCUT2D eigenvalue weighted by Gasteiger charge is -2.35. The summed E-state index contributed by atoms with van der Waals surface area (Å²) in [5, 5.41) is 0. The number of hydrogen-bond acceptors (Lipinski definition) is 4. The number of aryl methyl sites for hydroxylation is 1. The minimum Gasteiger partial charge on any atom is -0.481 e. The predicted molar refractivity (Wildman–Crippen MR) is 100 cm³/mol. The number of carbonyl (C=O) groups is 1. The van der Waals surface area contributed by atoms with E-state index in [2.05, 4.69) is 32.0 Å². The van der Waals surface area contributed by atoms with Gasteiger partial charge in [0.15, 0.2) is 12.4 Å². The van der Waals surface area contributed by atoms with E-state index in [1.54, 1.807) is 0 Å². The molecular weight excluding hydrogens is 330 g/mol. The van der Waals surface area contributed by atoms with Crippen LogP contribution in [0.15, 0.2) is 18.2 Å². The molecule has 0 aromatic heterocycles. The number of nitrogens with zero attached hydrogens (tertiary/aromatic N) is 1. The molecule has 0 saturated carbocycles. The number of carbonyl (C=O) groups excluding carboxylic acids is 1. The average Bonchev–Trinajstić information content (AvgIpc) is 3.17. The van der Waals surface area contributed by atoms with Gasteiger partial charge in [0.2, 0.25) is 0 Å². The molecule has 2 aliphatic rings. The molecule has 0 radical (unpaired) electrons. The van der Waals surface area contributed by atoms with Crippen molar-refractivity contribution in [3.05, 3.63) is 29.3 Å². The van der Waals surface area contributed by atoms with E-state index in [-0.39, 0.29) is 12.2 Å². The van der Waals surface area contributed by atoms with Gasteiger partial charge in [-0.1, -0.05) is 26.0 Å². The maximum Gasteiger partial charge on any atom is 0.263 e. The van der Waals surface area contributed by atoms with E-state index in [1.807, 2.05) is 18.7 Å². The molecule has 0 bridgehead atoms. The van der Waals surface area contributed by atoms with Gasteiger partial charge in [-0.15, -0.1) is 0 Å². The molecule has 0 spiro atoms. The normalized spacial score (nSPS) is 20.6. The summed E-state index contributed by atoms with van der Waals surface area (Å²) in [7, 11) is 0. The van der Waals surface area contributed by atoms with Crippen LogP contribution in [0.1, 0.15) is 50.7 Å². The Morgan fingerprint density at radius 1 is 1.15 bits per heavy atom. The van der Waals surface area contributed by atoms with Crippen molar-refractivity contribution in [3.63, 3.8) is 0 Å². The van der Waals surface area contributed by atoms with Gasteiger partial charge in [0.1, 0.15) is 5.75 Å². The highest BCUT2D eigenvalue weighted by Crippen LogP contribution is 2.28. The molecule has 0 N–H and O–H groups in total. The summed E-state index contributed by atoms with van der Waals surface area (Å²) in [4.78, 5) is 14.7. The fraction of sp³-hybridized carbons (Fsp3) is 0.667. The SMILES string of the molecule is Cc1ccc(C(C)C)cc1OC(C)C(=O)N1CCC(C2OCCO2)CC1. The van der Waals surface area contributed by atoms with Crippen LogP contribution in [0.2, 0.25) is 0 Å². The lowest BCUT2D eigenvalue weighted by Crippen LogP contribution is -2.46. The Morgan fingerprint density at radius 2 is 1.81 bits per heavy atom. The molecule has 2 saturated heterocycles. The topological polar surface area (TPSA) is 48.0 Å². The first-order valence-electron chi connectivity index (χ1n) is 9.75. The Hall–Kier alpha value is -1.59. The first-order valence-corrected chi connectivity index (χ1v) is 9.75. The van der Waals surface area contributed by atoms with Crippen molar-refractivity contribution in [2.24, 2.45) is 5.92 Å². The van der Waals surface area contributed by atoms with E-state index in [0.717, 1.165) is 37.2 Å². The first-order chi connectivity index (χ1) is 12.5. The molecule has 144 valence electrons. The first kappa shape index (κ1) is 19.2. The van der Waals surface area contributed by atoms with Crippen LogP contribution in [0.5, 0.6) is 5.75 Å². The maximum absolute atomic E-state index is 12.8. The van der Waals surface area contributed by atoms with Crippen LogP contribution < -0.4 is 4.74 Å². The summed E-state index contributed by atoms with van der Waals surface area (Å²) in [6.07, 6.45) is 1.28. The van der Waals surface area contributed by atoms with Crippen molar-refractivity contribution in [3.8, 4) is 5.75 Å². The quantitative estimate of drug-likeness (QED) is 0.805. The van der Waals surface area contributed by atoms with E-state index in [1.165, 1.54) is 5.56 Å². The maximum atomic E-state index is 12.8. The predicted octanol–water partition coefficient (Wildman–Crippen LogP) is 3.50. The van der Waals surface area contributed by atoms with Crippen LogP contribution in [-0.4, -0.2) is 49.5 Å². The molecule has 3 rings (SSSR count). The van der Waals surface area contributed by atoms with E-state index in [9.17, 15) is 4.79 Å². The highest BCUT2D eigenvalue weighted by atomic mass is 16.7. The molecule has 1 amide bonds. The van der Waals surface area contributed by atoms with E-state index >= 15 is 0 Å². The third-order valence-electron chi connectivity index (χ3n) is 5.41. The number of likely N-dealkylation sites (tertiary alicyclic amines) is 1. The zero-order chi connectivity index (χ0) is 18.7. The Morgan fingerprint density at radius 3 is 2.42 bits per heavy atom. The zero-order valence-electron chi connectivity index (χ0n) is 16.4. The third-order valence-corrected chi connectivity index (χ3v) is 5.41.